The van der Waals surface area contributed by atoms with Crippen molar-refractivity contribution in [3.8, 4) is 0 Å². The van der Waals surface area contributed by atoms with E-state index in [0.29, 0.717) is 18.0 Å². The van der Waals surface area contributed by atoms with Crippen LogP contribution in [0.15, 0.2) is 42.7 Å². The lowest BCUT2D eigenvalue weighted by Crippen LogP contribution is -2.50. The maximum absolute atomic E-state index is 5.68. The Morgan fingerprint density at radius 1 is 1.22 bits per heavy atom. The molecule has 4 rings (SSSR count). The Kier molecular flexibility index (Phi) is 7.70. The Morgan fingerprint density at radius 2 is 2.11 bits per heavy atom. The highest BCUT2D eigenvalue weighted by molar-refractivity contribution is 5.85. The summed E-state index contributed by atoms with van der Waals surface area (Å²) >= 11 is 0. The van der Waals surface area contributed by atoms with Crippen molar-refractivity contribution in [2.24, 2.45) is 5.92 Å². The Bertz CT molecular complexity index is 672. The van der Waals surface area contributed by atoms with Crippen LogP contribution >= 0.6 is 12.4 Å². The molecule has 27 heavy (non-hydrogen) atoms. The van der Waals surface area contributed by atoms with Gasteiger partial charge in [0.25, 0.3) is 0 Å². The molecule has 0 spiro atoms. The average molecular weight is 391 g/mol. The zero-order valence-corrected chi connectivity index (χ0v) is 16.7. The number of imidazole rings is 1. The van der Waals surface area contributed by atoms with Crippen LogP contribution in [0.25, 0.3) is 0 Å². The Morgan fingerprint density at radius 3 is 2.93 bits per heavy atom. The summed E-state index contributed by atoms with van der Waals surface area (Å²) in [7, 11) is 0. The first-order chi connectivity index (χ1) is 12.9. The van der Waals surface area contributed by atoms with Gasteiger partial charge in [0, 0.05) is 37.6 Å². The Hall–Kier alpha value is -1.40. The zero-order chi connectivity index (χ0) is 17.6. The lowest BCUT2D eigenvalue weighted by atomic mass is 9.94. The first kappa shape index (κ1) is 20.3. The van der Waals surface area contributed by atoms with Crippen LogP contribution in [0.5, 0.6) is 0 Å². The van der Waals surface area contributed by atoms with Gasteiger partial charge in [-0.1, -0.05) is 36.8 Å². The molecule has 2 aromatic rings. The van der Waals surface area contributed by atoms with Crippen molar-refractivity contribution in [1.82, 2.24) is 20.2 Å². The molecule has 6 heteroatoms. The highest BCUT2D eigenvalue weighted by Crippen LogP contribution is 2.29. The van der Waals surface area contributed by atoms with Crippen molar-refractivity contribution in [2.45, 2.75) is 50.9 Å². The summed E-state index contributed by atoms with van der Waals surface area (Å²) in [4.78, 5) is 4.59. The first-order valence-corrected chi connectivity index (χ1v) is 9.98. The van der Waals surface area contributed by atoms with Gasteiger partial charge in [0.05, 0.1) is 19.8 Å². The van der Waals surface area contributed by atoms with Crippen LogP contribution in [0.4, 0.5) is 0 Å². The van der Waals surface area contributed by atoms with Gasteiger partial charge in [-0.3, -0.25) is 0 Å². The molecular weight excluding hydrogens is 360 g/mol. The number of aryl methyl sites for hydroxylation is 2. The van der Waals surface area contributed by atoms with E-state index in [9.17, 15) is 0 Å². The second kappa shape index (κ2) is 10.2. The van der Waals surface area contributed by atoms with Gasteiger partial charge in [0.2, 0.25) is 0 Å². The second-order valence-electron chi connectivity index (χ2n) is 7.49. The Balaban J connectivity index is 0.00000210. The number of aromatic nitrogens is 2. The molecule has 1 aliphatic carbocycles. The number of hydrogen-bond donors (Lipinski definition) is 2. The van der Waals surface area contributed by atoms with Gasteiger partial charge in [-0.25, -0.2) is 4.98 Å². The summed E-state index contributed by atoms with van der Waals surface area (Å²) in [5.74, 6) is 1.81. The highest BCUT2D eigenvalue weighted by Gasteiger charge is 2.34. The monoisotopic (exact) mass is 390 g/mol. The van der Waals surface area contributed by atoms with Crippen molar-refractivity contribution in [2.75, 3.05) is 19.8 Å². The summed E-state index contributed by atoms with van der Waals surface area (Å²) in [6.07, 6.45) is 8.92. The van der Waals surface area contributed by atoms with E-state index in [1.54, 1.807) is 0 Å². The van der Waals surface area contributed by atoms with E-state index < -0.39 is 0 Å². The maximum atomic E-state index is 5.68. The topological polar surface area (TPSA) is 51.1 Å². The number of halogens is 1. The normalized spacial score (nSPS) is 25.3. The van der Waals surface area contributed by atoms with Crippen LogP contribution in [0, 0.1) is 5.92 Å². The third-order valence-corrected chi connectivity index (χ3v) is 5.84. The molecule has 1 saturated carbocycles. The number of ether oxygens (including phenoxy) is 1. The van der Waals surface area contributed by atoms with E-state index in [4.69, 9.17) is 4.74 Å². The fourth-order valence-corrected chi connectivity index (χ4v) is 4.41. The predicted octanol–water partition coefficient (Wildman–Crippen LogP) is 2.79. The first-order valence-electron chi connectivity index (χ1n) is 9.98. The van der Waals surface area contributed by atoms with E-state index in [2.05, 4.69) is 56.7 Å². The van der Waals surface area contributed by atoms with Crippen LogP contribution in [0.3, 0.4) is 0 Å². The summed E-state index contributed by atoms with van der Waals surface area (Å²) < 4.78 is 7.96. The largest absolute Gasteiger partial charge is 0.379 e. The molecule has 148 valence electrons. The molecule has 2 heterocycles. The van der Waals surface area contributed by atoms with Gasteiger partial charge in [-0.15, -0.1) is 12.4 Å². The summed E-state index contributed by atoms with van der Waals surface area (Å²) in [6.45, 7) is 4.51. The maximum Gasteiger partial charge on any atom is 0.122 e. The van der Waals surface area contributed by atoms with E-state index >= 15 is 0 Å². The molecule has 0 radical (unpaired) electrons. The smallest absolute Gasteiger partial charge is 0.122 e. The Labute approximate surface area is 168 Å². The molecule has 1 aromatic carbocycles. The van der Waals surface area contributed by atoms with Gasteiger partial charge in [-0.05, 0) is 30.7 Å². The quantitative estimate of drug-likeness (QED) is 0.763. The van der Waals surface area contributed by atoms with Crippen LogP contribution in [-0.2, 0) is 24.2 Å². The molecule has 2 aliphatic rings. The fraction of sp³-hybridized carbons (Fsp3) is 0.571. The minimum absolute atomic E-state index is 0. The van der Waals surface area contributed by atoms with Crippen molar-refractivity contribution in [1.29, 1.82) is 0 Å². The predicted molar refractivity (Wildman–Crippen MR) is 110 cm³/mol. The van der Waals surface area contributed by atoms with Crippen LogP contribution in [0.1, 0.15) is 30.7 Å². The van der Waals surface area contributed by atoms with Crippen molar-refractivity contribution in [3.63, 3.8) is 0 Å². The molecular formula is C21H31ClN4O. The second-order valence-corrected chi connectivity index (χ2v) is 7.49. The van der Waals surface area contributed by atoms with Crippen LogP contribution < -0.4 is 10.6 Å². The third-order valence-electron chi connectivity index (χ3n) is 5.84. The summed E-state index contributed by atoms with van der Waals surface area (Å²) in [5, 5.41) is 7.44. The minimum atomic E-state index is 0. The number of nitrogens with one attached hydrogen (secondary N) is 2. The SMILES string of the molecule is Cl.c1ccc(CCn2ccnc2CNC2CCCC2C2COCCN2)cc1. The molecule has 3 unspecified atom stereocenters. The summed E-state index contributed by atoms with van der Waals surface area (Å²) in [6, 6.07) is 11.7. The number of rotatable bonds is 7. The highest BCUT2D eigenvalue weighted by atomic mass is 35.5. The summed E-state index contributed by atoms with van der Waals surface area (Å²) in [5.41, 5.74) is 1.37. The van der Waals surface area contributed by atoms with Crippen molar-refractivity contribution >= 4 is 12.4 Å². The number of nitrogens with zero attached hydrogens (tertiary/aromatic N) is 2. The molecule has 0 amide bonds. The third kappa shape index (κ3) is 5.32. The van der Waals surface area contributed by atoms with Crippen molar-refractivity contribution < 1.29 is 4.74 Å². The number of benzene rings is 1. The van der Waals surface area contributed by atoms with E-state index in [1.807, 2.05) is 6.20 Å². The molecule has 2 N–H and O–H groups in total. The van der Waals surface area contributed by atoms with E-state index in [0.717, 1.165) is 45.1 Å². The molecule has 5 nitrogen and oxygen atoms in total. The standard InChI is InChI=1S/C21H30N4O.ClH/c1-2-5-17(6-3-1)9-12-25-13-10-23-21(25)15-24-19-8-4-7-18(19)20-16-26-14-11-22-20;/h1-3,5-6,10,13,18-20,22,24H,4,7-9,11-12,14-16H2;1H. The van der Waals surface area contributed by atoms with Crippen molar-refractivity contribution in [3.05, 3.63) is 54.1 Å². The van der Waals surface area contributed by atoms with Gasteiger partial charge >= 0.3 is 0 Å². The molecule has 0 bridgehead atoms. The molecule has 1 saturated heterocycles. The van der Waals surface area contributed by atoms with E-state index in [1.165, 1.54) is 24.8 Å². The van der Waals surface area contributed by atoms with Gasteiger partial charge < -0.3 is 19.9 Å². The molecule has 1 aromatic heterocycles. The van der Waals surface area contributed by atoms with Crippen LogP contribution in [-0.4, -0.2) is 41.4 Å². The lowest BCUT2D eigenvalue weighted by molar-refractivity contribution is 0.0523. The number of hydrogen-bond acceptors (Lipinski definition) is 4. The van der Waals surface area contributed by atoms with Crippen LogP contribution in [0.2, 0.25) is 0 Å². The molecule has 3 atom stereocenters. The zero-order valence-electron chi connectivity index (χ0n) is 15.8. The molecule has 1 aliphatic heterocycles. The lowest BCUT2D eigenvalue weighted by Gasteiger charge is -2.33. The van der Waals surface area contributed by atoms with Gasteiger partial charge in [0.15, 0.2) is 0 Å². The van der Waals surface area contributed by atoms with Gasteiger partial charge in [0.1, 0.15) is 5.82 Å². The fourth-order valence-electron chi connectivity index (χ4n) is 4.41. The minimum Gasteiger partial charge on any atom is -0.379 e. The average Bonchev–Trinajstić information content (AvgIpc) is 3.35. The van der Waals surface area contributed by atoms with E-state index in [-0.39, 0.29) is 12.4 Å². The molecule has 2 fully saturated rings. The number of morpholine rings is 1. The van der Waals surface area contributed by atoms with Gasteiger partial charge in [-0.2, -0.15) is 0 Å².